The predicted molar refractivity (Wildman–Crippen MR) is 58.7 cm³/mol. The molecule has 0 atom stereocenters. The zero-order valence-corrected chi connectivity index (χ0v) is 9.16. The van der Waals surface area contributed by atoms with Crippen LogP contribution >= 0.6 is 0 Å². The lowest BCUT2D eigenvalue weighted by Gasteiger charge is -2.02. The number of aliphatic imine (C=N–C) groups is 1. The van der Waals surface area contributed by atoms with Crippen LogP contribution in [0, 0.1) is 5.92 Å². The molecule has 0 saturated heterocycles. The molecule has 5 heteroatoms. The van der Waals surface area contributed by atoms with Crippen LogP contribution in [-0.4, -0.2) is 38.5 Å². The number of amides is 1. The van der Waals surface area contributed by atoms with Crippen molar-refractivity contribution in [3.8, 4) is 0 Å². The first-order valence-electron chi connectivity index (χ1n) is 5.29. The molecule has 0 aromatic heterocycles. The van der Waals surface area contributed by atoms with Crippen molar-refractivity contribution in [2.45, 2.75) is 19.3 Å². The minimum Gasteiger partial charge on any atom is -0.387 e. The molecule has 1 fully saturated rings. The number of nitrogens with one attached hydrogen (secondary N) is 1. The molecule has 1 rings (SSSR count). The van der Waals surface area contributed by atoms with E-state index in [4.69, 9.17) is 10.5 Å². The Labute approximate surface area is 90.1 Å². The van der Waals surface area contributed by atoms with E-state index in [1.54, 1.807) is 7.11 Å². The summed E-state index contributed by atoms with van der Waals surface area (Å²) in [7, 11) is 1.60. The number of nitrogens with two attached hydrogens (primary N) is 1. The number of rotatable bonds is 7. The maximum Gasteiger partial charge on any atom is 0.221 e. The summed E-state index contributed by atoms with van der Waals surface area (Å²) in [4.78, 5) is 15.4. The molecular formula is C10H19N3O2. The normalized spacial score (nSPS) is 16.5. The van der Waals surface area contributed by atoms with Gasteiger partial charge in [0.15, 0.2) is 0 Å². The van der Waals surface area contributed by atoms with Crippen molar-refractivity contribution >= 4 is 11.7 Å². The molecule has 1 amide bonds. The van der Waals surface area contributed by atoms with Crippen molar-refractivity contribution in [3.05, 3.63) is 0 Å². The number of carbonyl (C=O) groups excluding carboxylic acids is 1. The van der Waals surface area contributed by atoms with E-state index in [0.29, 0.717) is 37.9 Å². The highest BCUT2D eigenvalue weighted by Gasteiger charge is 2.25. The summed E-state index contributed by atoms with van der Waals surface area (Å²) in [5, 5.41) is 2.73. The van der Waals surface area contributed by atoms with Gasteiger partial charge in [0.1, 0.15) is 0 Å². The lowest BCUT2D eigenvalue weighted by atomic mass is 10.3. The predicted octanol–water partition coefficient (Wildman–Crippen LogP) is -0.0937. The molecule has 86 valence electrons. The second-order valence-electron chi connectivity index (χ2n) is 3.67. The summed E-state index contributed by atoms with van der Waals surface area (Å²) in [5.41, 5.74) is 5.69. The van der Waals surface area contributed by atoms with Crippen LogP contribution in [0.15, 0.2) is 4.99 Å². The fourth-order valence-electron chi connectivity index (χ4n) is 1.18. The summed E-state index contributed by atoms with van der Waals surface area (Å²) in [6, 6.07) is 0. The van der Waals surface area contributed by atoms with E-state index in [0.717, 1.165) is 12.8 Å². The quantitative estimate of drug-likeness (QED) is 0.352. The molecule has 15 heavy (non-hydrogen) atoms. The molecule has 1 aliphatic carbocycles. The maximum atomic E-state index is 11.2. The van der Waals surface area contributed by atoms with Crippen LogP contribution in [0.1, 0.15) is 19.3 Å². The summed E-state index contributed by atoms with van der Waals surface area (Å²) in [6.45, 7) is 1.58. The largest absolute Gasteiger partial charge is 0.387 e. The van der Waals surface area contributed by atoms with Crippen molar-refractivity contribution in [1.82, 2.24) is 5.32 Å². The van der Waals surface area contributed by atoms with Gasteiger partial charge in [-0.25, -0.2) is 0 Å². The molecule has 0 radical (unpaired) electrons. The van der Waals surface area contributed by atoms with Gasteiger partial charge in [-0.3, -0.25) is 9.79 Å². The van der Waals surface area contributed by atoms with E-state index in [-0.39, 0.29) is 5.91 Å². The Morgan fingerprint density at radius 1 is 1.60 bits per heavy atom. The van der Waals surface area contributed by atoms with Crippen LogP contribution in [0.3, 0.4) is 0 Å². The Hall–Kier alpha value is -1.10. The highest BCUT2D eigenvalue weighted by molar-refractivity contribution is 5.85. The second kappa shape index (κ2) is 6.40. The van der Waals surface area contributed by atoms with E-state index in [9.17, 15) is 4.79 Å². The number of methoxy groups -OCH3 is 1. The molecule has 1 aliphatic rings. The molecule has 3 N–H and O–H groups in total. The minimum absolute atomic E-state index is 0.000558. The molecule has 0 unspecified atom stereocenters. The zero-order valence-electron chi connectivity index (χ0n) is 9.16. The van der Waals surface area contributed by atoms with E-state index in [1.165, 1.54) is 0 Å². The molecule has 5 nitrogen and oxygen atoms in total. The van der Waals surface area contributed by atoms with E-state index in [1.807, 2.05) is 0 Å². The van der Waals surface area contributed by atoms with Gasteiger partial charge < -0.3 is 15.8 Å². The van der Waals surface area contributed by atoms with Crippen LogP contribution in [0.5, 0.6) is 0 Å². The summed E-state index contributed by atoms with van der Waals surface area (Å²) in [6.07, 6.45) is 2.70. The van der Waals surface area contributed by atoms with Gasteiger partial charge in [0.25, 0.3) is 0 Å². The van der Waals surface area contributed by atoms with Gasteiger partial charge in [-0.2, -0.15) is 0 Å². The average Bonchev–Trinajstić information content (AvgIpc) is 3.01. The Morgan fingerprint density at radius 3 is 2.93 bits per heavy atom. The van der Waals surface area contributed by atoms with Gasteiger partial charge in [-0.1, -0.05) is 0 Å². The molecule has 0 bridgehead atoms. The molecule has 0 aromatic carbocycles. The number of hydrogen-bond acceptors (Lipinski definition) is 3. The molecule has 0 heterocycles. The van der Waals surface area contributed by atoms with Crippen molar-refractivity contribution in [3.63, 3.8) is 0 Å². The Morgan fingerprint density at radius 2 is 2.33 bits per heavy atom. The summed E-state index contributed by atoms with van der Waals surface area (Å²) < 4.78 is 4.81. The van der Waals surface area contributed by atoms with Crippen LogP contribution in [0.25, 0.3) is 0 Å². The van der Waals surface area contributed by atoms with E-state index >= 15 is 0 Å². The van der Waals surface area contributed by atoms with Gasteiger partial charge in [0.2, 0.25) is 5.91 Å². The fourth-order valence-corrected chi connectivity index (χ4v) is 1.18. The van der Waals surface area contributed by atoms with E-state index < -0.39 is 0 Å². The zero-order chi connectivity index (χ0) is 11.1. The first-order valence-corrected chi connectivity index (χ1v) is 5.29. The van der Waals surface area contributed by atoms with Crippen molar-refractivity contribution < 1.29 is 9.53 Å². The lowest BCUT2D eigenvalue weighted by molar-refractivity contribution is -0.121. The van der Waals surface area contributed by atoms with Gasteiger partial charge in [-0.15, -0.1) is 0 Å². The van der Waals surface area contributed by atoms with Crippen LogP contribution < -0.4 is 11.1 Å². The Balaban J connectivity index is 2.03. The molecule has 1 saturated carbocycles. The molecule has 0 aromatic rings. The van der Waals surface area contributed by atoms with Crippen molar-refractivity contribution in [1.29, 1.82) is 0 Å². The number of amidine groups is 1. The van der Waals surface area contributed by atoms with Gasteiger partial charge in [-0.05, 0) is 12.8 Å². The first-order chi connectivity index (χ1) is 7.24. The van der Waals surface area contributed by atoms with Crippen LogP contribution in [0.4, 0.5) is 0 Å². The smallest absolute Gasteiger partial charge is 0.221 e. The van der Waals surface area contributed by atoms with Crippen molar-refractivity contribution in [2.75, 3.05) is 26.8 Å². The van der Waals surface area contributed by atoms with Crippen LogP contribution in [-0.2, 0) is 9.53 Å². The monoisotopic (exact) mass is 213 g/mol. The van der Waals surface area contributed by atoms with E-state index in [2.05, 4.69) is 10.3 Å². The Kier molecular flexibility index (Phi) is 5.10. The third-order valence-electron chi connectivity index (χ3n) is 2.26. The lowest BCUT2D eigenvalue weighted by Crippen LogP contribution is -2.27. The number of hydrogen-bond donors (Lipinski definition) is 2. The standard InChI is InChI=1S/C10H19N3O2/c1-15-7-6-12-9(14)4-5-13-10(11)8-2-3-8/h8H,2-7H2,1H3,(H2,11,13)(H,12,14). The molecule has 0 aliphatic heterocycles. The van der Waals surface area contributed by atoms with Crippen LogP contribution in [0.2, 0.25) is 0 Å². The first kappa shape index (κ1) is 12.0. The topological polar surface area (TPSA) is 76.7 Å². The molecule has 0 spiro atoms. The van der Waals surface area contributed by atoms with Gasteiger partial charge in [0, 0.05) is 32.5 Å². The highest BCUT2D eigenvalue weighted by Crippen LogP contribution is 2.28. The highest BCUT2D eigenvalue weighted by atomic mass is 16.5. The number of carbonyl (C=O) groups is 1. The third-order valence-corrected chi connectivity index (χ3v) is 2.26. The SMILES string of the molecule is COCCNC(=O)CCN=C(N)C1CC1. The third kappa shape index (κ3) is 5.37. The number of ether oxygens (including phenoxy) is 1. The summed E-state index contributed by atoms with van der Waals surface area (Å²) in [5.74, 6) is 1.20. The minimum atomic E-state index is -0.000558. The van der Waals surface area contributed by atoms with Crippen molar-refractivity contribution in [2.24, 2.45) is 16.6 Å². The second-order valence-corrected chi connectivity index (χ2v) is 3.67. The molecular weight excluding hydrogens is 194 g/mol. The Bertz CT molecular complexity index is 237. The summed E-state index contributed by atoms with van der Waals surface area (Å²) >= 11 is 0. The van der Waals surface area contributed by atoms with Gasteiger partial charge in [0.05, 0.1) is 12.4 Å². The van der Waals surface area contributed by atoms with Gasteiger partial charge >= 0.3 is 0 Å². The number of nitrogens with zero attached hydrogens (tertiary/aromatic N) is 1. The fraction of sp³-hybridized carbons (Fsp3) is 0.800. The average molecular weight is 213 g/mol. The maximum absolute atomic E-state index is 11.2.